The zero-order chi connectivity index (χ0) is 22.8. The van der Waals surface area contributed by atoms with Crippen molar-refractivity contribution in [3.63, 3.8) is 0 Å². The van der Waals surface area contributed by atoms with E-state index in [1.807, 2.05) is 38.5 Å². The van der Waals surface area contributed by atoms with Crippen LogP contribution in [0.2, 0.25) is 0 Å². The van der Waals surface area contributed by atoms with E-state index in [2.05, 4.69) is 31.6 Å². The second kappa shape index (κ2) is 9.47. The number of nitrogens with zero attached hydrogens (tertiary/aromatic N) is 6. The Kier molecular flexibility index (Phi) is 6.26. The van der Waals surface area contributed by atoms with Gasteiger partial charge >= 0.3 is 0 Å². The van der Waals surface area contributed by atoms with Crippen LogP contribution in [0.15, 0.2) is 47.8 Å². The van der Waals surface area contributed by atoms with E-state index >= 15 is 0 Å². The van der Waals surface area contributed by atoms with E-state index in [-0.39, 0.29) is 11.7 Å². The number of anilines is 1. The molecule has 1 saturated heterocycles. The number of pyridine rings is 2. The van der Waals surface area contributed by atoms with Crippen molar-refractivity contribution in [1.82, 2.24) is 29.9 Å². The van der Waals surface area contributed by atoms with Crippen molar-refractivity contribution in [1.29, 1.82) is 0 Å². The Hall–Kier alpha value is -3.00. The summed E-state index contributed by atoms with van der Waals surface area (Å²) in [7, 11) is 0. The molecule has 2 aliphatic rings. The smallest absolute Gasteiger partial charge is 0.254 e. The molecule has 1 saturated carbocycles. The molecular weight excluding hydrogens is 414 g/mol. The van der Waals surface area contributed by atoms with Crippen LogP contribution < -0.4 is 15.8 Å². The lowest BCUT2D eigenvalue weighted by atomic mass is 9.85. The average Bonchev–Trinajstić information content (AvgIpc) is 3.28. The Morgan fingerprint density at radius 1 is 1.18 bits per heavy atom. The summed E-state index contributed by atoms with van der Waals surface area (Å²) < 4.78 is 3.42. The highest BCUT2D eigenvalue weighted by Gasteiger charge is 2.23. The highest BCUT2D eigenvalue weighted by molar-refractivity contribution is 5.57. The first-order chi connectivity index (χ1) is 16.1. The maximum Gasteiger partial charge on any atom is 0.254 e. The van der Waals surface area contributed by atoms with Gasteiger partial charge in [0.25, 0.3) is 5.56 Å². The third kappa shape index (κ3) is 4.85. The van der Waals surface area contributed by atoms with Crippen molar-refractivity contribution < 1.29 is 0 Å². The van der Waals surface area contributed by atoms with E-state index < -0.39 is 0 Å². The maximum absolute atomic E-state index is 13.0. The van der Waals surface area contributed by atoms with Crippen LogP contribution in [0, 0.1) is 12.8 Å². The molecule has 5 rings (SSSR count). The summed E-state index contributed by atoms with van der Waals surface area (Å²) in [6.45, 7) is 7.05. The van der Waals surface area contributed by atoms with Crippen LogP contribution in [0.1, 0.15) is 50.8 Å². The number of aryl methyl sites for hydroxylation is 1. The molecule has 8 heteroatoms. The fraction of sp³-hybridized carbons (Fsp3) is 0.520. The molecule has 0 spiro atoms. The third-order valence-corrected chi connectivity index (χ3v) is 7.10. The van der Waals surface area contributed by atoms with Crippen molar-refractivity contribution in [2.45, 2.75) is 58.2 Å². The first-order valence-corrected chi connectivity index (χ1v) is 12.1. The van der Waals surface area contributed by atoms with Gasteiger partial charge in [-0.15, -0.1) is 5.10 Å². The van der Waals surface area contributed by atoms with Gasteiger partial charge in [-0.25, -0.2) is 4.68 Å². The van der Waals surface area contributed by atoms with E-state index in [0.29, 0.717) is 6.04 Å². The summed E-state index contributed by atoms with van der Waals surface area (Å²) in [5.41, 5.74) is 3.71. The highest BCUT2D eigenvalue weighted by atomic mass is 16.1. The Balaban J connectivity index is 1.27. The summed E-state index contributed by atoms with van der Waals surface area (Å²) in [5.74, 6) is 0.866. The summed E-state index contributed by atoms with van der Waals surface area (Å²) in [6, 6.07) is 6.34. The van der Waals surface area contributed by atoms with Gasteiger partial charge in [-0.1, -0.05) is 11.6 Å². The second-order valence-electron chi connectivity index (χ2n) is 9.59. The quantitative estimate of drug-likeness (QED) is 0.599. The fourth-order valence-corrected chi connectivity index (χ4v) is 4.81. The number of hydrogen-bond acceptors (Lipinski definition) is 6. The Morgan fingerprint density at radius 2 is 2.06 bits per heavy atom. The molecule has 0 amide bonds. The molecule has 0 aromatic carbocycles. The van der Waals surface area contributed by atoms with Crippen molar-refractivity contribution >= 4 is 5.69 Å². The fourth-order valence-electron chi connectivity index (χ4n) is 4.81. The van der Waals surface area contributed by atoms with Crippen LogP contribution in [0.25, 0.3) is 11.3 Å². The minimum atomic E-state index is -0.274. The minimum Gasteiger partial charge on any atom is -0.370 e. The van der Waals surface area contributed by atoms with Gasteiger partial charge in [0.05, 0.1) is 6.20 Å². The molecule has 0 radical (unpaired) electrons. The van der Waals surface area contributed by atoms with E-state index in [4.69, 9.17) is 0 Å². The Bertz CT molecular complexity index is 1150. The molecule has 1 unspecified atom stereocenters. The molecule has 4 heterocycles. The zero-order valence-electron chi connectivity index (χ0n) is 19.5. The third-order valence-electron chi connectivity index (χ3n) is 7.10. The lowest BCUT2D eigenvalue weighted by Crippen LogP contribution is -2.47. The van der Waals surface area contributed by atoms with Gasteiger partial charge in [0.15, 0.2) is 0 Å². The topological polar surface area (TPSA) is 80.9 Å². The molecule has 1 aliphatic carbocycles. The van der Waals surface area contributed by atoms with Crippen LogP contribution in [-0.4, -0.2) is 50.2 Å². The van der Waals surface area contributed by atoms with Crippen molar-refractivity contribution in [3.05, 3.63) is 58.9 Å². The van der Waals surface area contributed by atoms with Crippen molar-refractivity contribution in [2.24, 2.45) is 5.92 Å². The summed E-state index contributed by atoms with van der Waals surface area (Å²) in [4.78, 5) is 19.6. The summed E-state index contributed by atoms with van der Waals surface area (Å²) in [5, 5.41) is 12.3. The van der Waals surface area contributed by atoms with E-state index in [0.717, 1.165) is 54.5 Å². The molecule has 174 valence electrons. The molecule has 33 heavy (non-hydrogen) atoms. The van der Waals surface area contributed by atoms with Gasteiger partial charge in [0, 0.05) is 55.0 Å². The molecule has 1 N–H and O–H groups in total. The zero-order valence-corrected chi connectivity index (χ0v) is 19.5. The molecule has 0 bridgehead atoms. The number of piperidine rings is 1. The molecular formula is C25H33N7O. The van der Waals surface area contributed by atoms with Crippen LogP contribution in [0.4, 0.5) is 5.69 Å². The van der Waals surface area contributed by atoms with Gasteiger partial charge in [-0.3, -0.25) is 14.3 Å². The monoisotopic (exact) mass is 447 g/mol. The lowest BCUT2D eigenvalue weighted by molar-refractivity contribution is 0.280. The second-order valence-corrected chi connectivity index (χ2v) is 9.59. The predicted octanol–water partition coefficient (Wildman–Crippen LogP) is 3.24. The number of nitrogens with one attached hydrogen (secondary N) is 1. The highest BCUT2D eigenvalue weighted by Crippen LogP contribution is 2.26. The molecule has 1 aliphatic heterocycles. The summed E-state index contributed by atoms with van der Waals surface area (Å²) >= 11 is 0. The SMILES string of the molecule is Cc1cncc(-c2cn(C(C)n3ccc(N4CCC[C@@H](NCC5CCC5)C4)cc3=O)nn2)c1. The van der Waals surface area contributed by atoms with Gasteiger partial charge in [0.1, 0.15) is 11.9 Å². The number of rotatable bonds is 7. The van der Waals surface area contributed by atoms with Crippen LogP contribution in [0.5, 0.6) is 0 Å². The minimum absolute atomic E-state index is 0.0289. The van der Waals surface area contributed by atoms with E-state index in [9.17, 15) is 4.79 Å². The van der Waals surface area contributed by atoms with Crippen LogP contribution >= 0.6 is 0 Å². The molecule has 2 atom stereocenters. The predicted molar refractivity (Wildman–Crippen MR) is 129 cm³/mol. The normalized spacial score (nSPS) is 19.9. The standard InChI is InChI=1S/C25H33N7O/c1-18-11-21(15-26-13-18)24-17-32(29-28-24)19(2)31-10-8-23(12-25(31)33)30-9-4-7-22(16-30)27-14-20-5-3-6-20/h8,10-13,15,17,19-20,22,27H,3-7,9,14,16H2,1-2H3/t19?,22-/m1/s1. The first kappa shape index (κ1) is 21.8. The Labute approximate surface area is 194 Å². The van der Waals surface area contributed by atoms with Crippen LogP contribution in [0.3, 0.4) is 0 Å². The van der Waals surface area contributed by atoms with Crippen molar-refractivity contribution in [3.8, 4) is 11.3 Å². The van der Waals surface area contributed by atoms with Gasteiger partial charge < -0.3 is 10.2 Å². The Morgan fingerprint density at radius 3 is 2.82 bits per heavy atom. The number of hydrogen-bond donors (Lipinski definition) is 1. The molecule has 3 aromatic heterocycles. The average molecular weight is 448 g/mol. The summed E-state index contributed by atoms with van der Waals surface area (Å²) in [6.07, 6.45) is 13.5. The van der Waals surface area contributed by atoms with Crippen molar-refractivity contribution in [2.75, 3.05) is 24.5 Å². The molecule has 8 nitrogen and oxygen atoms in total. The lowest BCUT2D eigenvalue weighted by Gasteiger charge is -2.36. The number of aromatic nitrogens is 5. The van der Waals surface area contributed by atoms with E-state index in [1.54, 1.807) is 21.5 Å². The molecule has 3 aromatic rings. The maximum atomic E-state index is 13.0. The van der Waals surface area contributed by atoms with Gasteiger partial charge in [-0.05, 0) is 69.7 Å². The van der Waals surface area contributed by atoms with Crippen LogP contribution in [-0.2, 0) is 0 Å². The largest absolute Gasteiger partial charge is 0.370 e. The first-order valence-electron chi connectivity index (χ1n) is 12.1. The van der Waals surface area contributed by atoms with Gasteiger partial charge in [0.2, 0.25) is 0 Å². The molecule has 2 fully saturated rings. The van der Waals surface area contributed by atoms with E-state index in [1.165, 1.54) is 25.7 Å². The van der Waals surface area contributed by atoms with Gasteiger partial charge in [-0.2, -0.15) is 0 Å².